The van der Waals surface area contributed by atoms with Gasteiger partial charge in [0.05, 0.1) is 40.9 Å². The molecule has 8 nitrogen and oxygen atoms in total. The van der Waals surface area contributed by atoms with Gasteiger partial charge >= 0.3 is 6.18 Å². The number of hydrogen-bond acceptors (Lipinski definition) is 5. The zero-order valence-electron chi connectivity index (χ0n) is 19.2. The van der Waals surface area contributed by atoms with Crippen molar-refractivity contribution < 1.29 is 31.9 Å². The van der Waals surface area contributed by atoms with Gasteiger partial charge in [0.2, 0.25) is 5.91 Å². The number of halogens is 5. The zero-order valence-corrected chi connectivity index (χ0v) is 20.0. The van der Waals surface area contributed by atoms with Crippen molar-refractivity contribution in [2.45, 2.75) is 37.3 Å². The van der Waals surface area contributed by atoms with Gasteiger partial charge in [0.1, 0.15) is 5.82 Å². The Bertz CT molecular complexity index is 1420. The van der Waals surface area contributed by atoms with Crippen LogP contribution in [0.25, 0.3) is 11.0 Å². The van der Waals surface area contributed by atoms with Gasteiger partial charge in [-0.05, 0) is 31.0 Å². The number of nitrogens with zero attached hydrogens (tertiary/aromatic N) is 4. The molecule has 0 unspecified atom stereocenters. The molecule has 1 saturated heterocycles. The second kappa shape index (κ2) is 9.09. The lowest BCUT2D eigenvalue weighted by Crippen LogP contribution is -2.50. The molecule has 2 aliphatic heterocycles. The molecule has 37 heavy (non-hydrogen) atoms. The second-order valence-electron chi connectivity index (χ2n) is 9.21. The molecule has 0 aliphatic carbocycles. The maximum Gasteiger partial charge on any atom is 0.389 e. The zero-order chi connectivity index (χ0) is 26.5. The molecular formula is C24H20ClF4N5O3. The number of carbonyl (C=O) groups excluding carboxylic acids is 3. The van der Waals surface area contributed by atoms with Gasteiger partial charge in [-0.3, -0.25) is 19.5 Å². The van der Waals surface area contributed by atoms with Crippen LogP contribution in [0.2, 0.25) is 5.02 Å². The molecule has 3 aromatic rings. The number of fused-ring (bicyclic) bond motifs is 3. The summed E-state index contributed by atoms with van der Waals surface area (Å²) in [6.45, 7) is -0.309. The summed E-state index contributed by atoms with van der Waals surface area (Å²) in [6, 6.07) is 4.01. The van der Waals surface area contributed by atoms with Gasteiger partial charge in [0.25, 0.3) is 5.91 Å². The summed E-state index contributed by atoms with van der Waals surface area (Å²) in [5.41, 5.74) is -0.0298. The van der Waals surface area contributed by atoms with Crippen molar-refractivity contribution in [3.63, 3.8) is 0 Å². The number of alkyl halides is 3. The molecule has 2 aromatic heterocycles. The van der Waals surface area contributed by atoms with E-state index in [1.54, 1.807) is 17.2 Å². The van der Waals surface area contributed by atoms with Crippen LogP contribution in [0, 0.1) is 5.82 Å². The molecule has 0 radical (unpaired) electrons. The Hall–Kier alpha value is -3.54. The predicted octanol–water partition coefficient (Wildman–Crippen LogP) is 4.18. The summed E-state index contributed by atoms with van der Waals surface area (Å²) < 4.78 is 52.2. The van der Waals surface area contributed by atoms with E-state index in [0.717, 1.165) is 11.0 Å². The fourth-order valence-corrected chi connectivity index (χ4v) is 5.42. The lowest BCUT2D eigenvalue weighted by atomic mass is 9.73. The first kappa shape index (κ1) is 25.1. The SMILES string of the molecule is O=C(CCC(F)(F)F)CN1C(=O)C2(CCN(C(=O)c3cnc4[nH]ncc4c3)CC2)c2c1ccc(F)c2Cl. The highest BCUT2D eigenvalue weighted by Crippen LogP contribution is 2.51. The third kappa shape index (κ3) is 4.43. The smallest absolute Gasteiger partial charge is 0.339 e. The molecule has 1 N–H and O–H groups in total. The number of aromatic amines is 1. The molecule has 1 fully saturated rings. The monoisotopic (exact) mass is 537 g/mol. The van der Waals surface area contributed by atoms with Crippen LogP contribution in [0.5, 0.6) is 0 Å². The number of hydrogen-bond donors (Lipinski definition) is 1. The standard InChI is InChI=1S/C24H20ClF4N5O3/c25-19-16(26)1-2-17-18(19)23(22(37)34(17)12-15(35)3-4-24(27,28)29)5-7-33(8-6-23)21(36)14-9-13-11-31-32-20(13)30-10-14/h1-2,9-11H,3-8,12H2,(H,30,31,32). The van der Waals surface area contributed by atoms with Crippen molar-refractivity contribution in [1.82, 2.24) is 20.1 Å². The quantitative estimate of drug-likeness (QED) is 0.492. The van der Waals surface area contributed by atoms with Crippen LogP contribution >= 0.6 is 11.6 Å². The van der Waals surface area contributed by atoms with Crippen LogP contribution in [0.3, 0.4) is 0 Å². The highest BCUT2D eigenvalue weighted by molar-refractivity contribution is 6.33. The van der Waals surface area contributed by atoms with Gasteiger partial charge in [-0.25, -0.2) is 9.37 Å². The fourth-order valence-electron chi connectivity index (χ4n) is 5.08. The van der Waals surface area contributed by atoms with Crippen molar-refractivity contribution in [3.8, 4) is 0 Å². The molecular weight excluding hydrogens is 518 g/mol. The Morgan fingerprint density at radius 3 is 2.59 bits per heavy atom. The largest absolute Gasteiger partial charge is 0.389 e. The summed E-state index contributed by atoms with van der Waals surface area (Å²) in [7, 11) is 0. The van der Waals surface area contributed by atoms with Gasteiger partial charge in [0.15, 0.2) is 11.4 Å². The number of likely N-dealkylation sites (tertiary alicyclic amines) is 1. The molecule has 1 aromatic carbocycles. The highest BCUT2D eigenvalue weighted by Gasteiger charge is 2.54. The van der Waals surface area contributed by atoms with Crippen LogP contribution in [-0.2, 0) is 15.0 Å². The van der Waals surface area contributed by atoms with Gasteiger partial charge in [-0.15, -0.1) is 0 Å². The lowest BCUT2D eigenvalue weighted by Gasteiger charge is -2.38. The number of rotatable bonds is 5. The summed E-state index contributed by atoms with van der Waals surface area (Å²) in [5.74, 6) is -2.37. The van der Waals surface area contributed by atoms with Crippen molar-refractivity contribution in [2.24, 2.45) is 0 Å². The summed E-state index contributed by atoms with van der Waals surface area (Å²) in [5, 5.41) is 6.97. The number of benzene rings is 1. The molecule has 2 amide bonds. The minimum atomic E-state index is -4.51. The van der Waals surface area contributed by atoms with Crippen LogP contribution in [0.15, 0.2) is 30.6 Å². The maximum absolute atomic E-state index is 14.5. The number of anilines is 1. The normalized spacial score (nSPS) is 17.1. The lowest BCUT2D eigenvalue weighted by molar-refractivity contribution is -0.142. The molecule has 4 heterocycles. The minimum Gasteiger partial charge on any atom is -0.339 e. The second-order valence-corrected chi connectivity index (χ2v) is 9.58. The van der Waals surface area contributed by atoms with Crippen LogP contribution in [0.4, 0.5) is 23.2 Å². The van der Waals surface area contributed by atoms with Crippen molar-refractivity contribution in [3.05, 3.63) is 52.6 Å². The van der Waals surface area contributed by atoms with E-state index >= 15 is 0 Å². The maximum atomic E-state index is 14.5. The van der Waals surface area contributed by atoms with E-state index < -0.39 is 48.5 Å². The number of aromatic nitrogens is 3. The predicted molar refractivity (Wildman–Crippen MR) is 125 cm³/mol. The number of ketones is 1. The molecule has 0 bridgehead atoms. The van der Waals surface area contributed by atoms with Gasteiger partial charge in [-0.1, -0.05) is 11.6 Å². The van der Waals surface area contributed by atoms with E-state index in [4.69, 9.17) is 11.6 Å². The molecule has 13 heteroatoms. The molecule has 194 valence electrons. The minimum absolute atomic E-state index is 0.0996. The molecule has 0 atom stereocenters. The Kier molecular flexibility index (Phi) is 6.17. The summed E-state index contributed by atoms with van der Waals surface area (Å²) >= 11 is 6.30. The van der Waals surface area contributed by atoms with E-state index in [-0.39, 0.29) is 48.1 Å². The molecule has 2 aliphatic rings. The van der Waals surface area contributed by atoms with E-state index in [9.17, 15) is 31.9 Å². The van der Waals surface area contributed by atoms with E-state index in [1.807, 2.05) is 0 Å². The number of Topliss-reactive ketones (excluding diaryl/α,β-unsaturated/α-hetero) is 1. The Morgan fingerprint density at radius 1 is 1.16 bits per heavy atom. The number of H-pyrrole nitrogens is 1. The molecule has 0 saturated carbocycles. The first-order valence-electron chi connectivity index (χ1n) is 11.5. The average molecular weight is 538 g/mol. The van der Waals surface area contributed by atoms with E-state index in [1.165, 1.54) is 12.3 Å². The van der Waals surface area contributed by atoms with E-state index in [2.05, 4.69) is 15.2 Å². The number of amides is 2. The number of pyridine rings is 1. The number of piperidine rings is 1. The Morgan fingerprint density at radius 2 is 1.89 bits per heavy atom. The highest BCUT2D eigenvalue weighted by atomic mass is 35.5. The van der Waals surface area contributed by atoms with Gasteiger partial charge < -0.3 is 9.80 Å². The van der Waals surface area contributed by atoms with Crippen molar-refractivity contribution >= 4 is 45.9 Å². The van der Waals surface area contributed by atoms with Crippen molar-refractivity contribution in [1.29, 1.82) is 0 Å². The summed E-state index contributed by atoms with van der Waals surface area (Å²) in [6.07, 6.45) is -3.42. The van der Waals surface area contributed by atoms with Crippen LogP contribution in [-0.4, -0.2) is 63.5 Å². The Balaban J connectivity index is 1.39. The topological polar surface area (TPSA) is 99.3 Å². The molecule has 5 rings (SSSR count). The average Bonchev–Trinajstić information content (AvgIpc) is 3.42. The number of nitrogens with one attached hydrogen (secondary N) is 1. The summed E-state index contributed by atoms with van der Waals surface area (Å²) in [4.78, 5) is 45.9. The van der Waals surface area contributed by atoms with Crippen LogP contribution < -0.4 is 4.90 Å². The van der Waals surface area contributed by atoms with Gasteiger partial charge in [0, 0.05) is 36.7 Å². The number of carbonyl (C=O) groups is 3. The van der Waals surface area contributed by atoms with Gasteiger partial charge in [-0.2, -0.15) is 18.3 Å². The first-order chi connectivity index (χ1) is 17.5. The fraction of sp³-hybridized carbons (Fsp3) is 0.375. The molecule has 1 spiro atoms. The third-order valence-corrected chi connectivity index (χ3v) is 7.33. The van der Waals surface area contributed by atoms with Crippen LogP contribution in [0.1, 0.15) is 41.6 Å². The Labute approximate surface area is 212 Å². The first-order valence-corrected chi connectivity index (χ1v) is 11.9. The van der Waals surface area contributed by atoms with E-state index in [0.29, 0.717) is 16.6 Å². The third-order valence-electron chi connectivity index (χ3n) is 6.96. The van der Waals surface area contributed by atoms with Crippen molar-refractivity contribution in [2.75, 3.05) is 24.5 Å².